The van der Waals surface area contributed by atoms with Gasteiger partial charge in [0.2, 0.25) is 5.91 Å². The Hall–Kier alpha value is -0.530. The molecule has 1 saturated heterocycles. The lowest BCUT2D eigenvalue weighted by Gasteiger charge is -2.32. The second-order valence-corrected chi connectivity index (χ2v) is 6.29. The molecule has 0 aliphatic carbocycles. The van der Waals surface area contributed by atoms with E-state index < -0.39 is 0 Å². The summed E-state index contributed by atoms with van der Waals surface area (Å²) in [4.78, 5) is 14.0. The smallest absolute Gasteiger partial charge is 0.222 e. The minimum absolute atomic E-state index is 0.275. The van der Waals surface area contributed by atoms with Crippen molar-refractivity contribution in [1.29, 1.82) is 0 Å². The van der Waals surface area contributed by atoms with Crippen LogP contribution in [0, 0.1) is 11.3 Å². The maximum absolute atomic E-state index is 12.0. The number of carbonyl (C=O) groups is 1. The summed E-state index contributed by atoms with van der Waals surface area (Å²) in [6.07, 6.45) is 5.40. The quantitative estimate of drug-likeness (QED) is 0.720. The summed E-state index contributed by atoms with van der Waals surface area (Å²) in [6, 6.07) is 0. The molecular weight excluding hydrogens is 198 g/mol. The summed E-state index contributed by atoms with van der Waals surface area (Å²) in [6.45, 7) is 10.8. The number of piperidine rings is 1. The number of amides is 1. The minimum Gasteiger partial charge on any atom is -0.343 e. The van der Waals surface area contributed by atoms with E-state index in [4.69, 9.17) is 0 Å². The summed E-state index contributed by atoms with van der Waals surface area (Å²) < 4.78 is 0. The summed E-state index contributed by atoms with van der Waals surface area (Å²) in [7, 11) is 0. The van der Waals surface area contributed by atoms with Crippen molar-refractivity contribution in [2.45, 2.75) is 59.8 Å². The average molecular weight is 225 g/mol. The predicted molar refractivity (Wildman–Crippen MR) is 68.3 cm³/mol. The first-order valence-corrected chi connectivity index (χ1v) is 6.70. The molecule has 0 atom stereocenters. The molecule has 1 aliphatic rings. The molecule has 2 nitrogen and oxygen atoms in total. The van der Waals surface area contributed by atoms with Crippen LogP contribution in [0.25, 0.3) is 0 Å². The largest absolute Gasteiger partial charge is 0.343 e. The molecule has 1 fully saturated rings. The van der Waals surface area contributed by atoms with Gasteiger partial charge in [0.15, 0.2) is 0 Å². The highest BCUT2D eigenvalue weighted by molar-refractivity contribution is 5.76. The first kappa shape index (κ1) is 13.5. The standard InChI is InChI=1S/C14H27NO/c1-5-12-7-10-15(11-8-12)13(16)6-9-14(2,3)4/h12H,5-11H2,1-4H3. The molecule has 16 heavy (non-hydrogen) atoms. The molecule has 0 unspecified atom stereocenters. The highest BCUT2D eigenvalue weighted by atomic mass is 16.2. The maximum atomic E-state index is 12.0. The number of rotatable bonds is 3. The molecule has 0 N–H and O–H groups in total. The normalized spacial score (nSPS) is 18.9. The Balaban J connectivity index is 2.28. The second-order valence-electron chi connectivity index (χ2n) is 6.29. The topological polar surface area (TPSA) is 20.3 Å². The van der Waals surface area contributed by atoms with E-state index in [-0.39, 0.29) is 5.41 Å². The van der Waals surface area contributed by atoms with Gasteiger partial charge >= 0.3 is 0 Å². The molecule has 0 aromatic carbocycles. The number of likely N-dealkylation sites (tertiary alicyclic amines) is 1. The van der Waals surface area contributed by atoms with Gasteiger partial charge in [0.25, 0.3) is 0 Å². The summed E-state index contributed by atoms with van der Waals surface area (Å²) in [5.74, 6) is 1.22. The van der Waals surface area contributed by atoms with Crippen LogP contribution in [0.5, 0.6) is 0 Å². The van der Waals surface area contributed by atoms with E-state index in [1.54, 1.807) is 0 Å². The molecular formula is C14H27NO. The summed E-state index contributed by atoms with van der Waals surface area (Å²) >= 11 is 0. The van der Waals surface area contributed by atoms with Gasteiger partial charge in [0.1, 0.15) is 0 Å². The Morgan fingerprint density at radius 3 is 2.25 bits per heavy atom. The SMILES string of the molecule is CCC1CCN(C(=O)CCC(C)(C)C)CC1. The molecule has 0 saturated carbocycles. The van der Waals surface area contributed by atoms with Gasteiger partial charge in [-0.3, -0.25) is 4.79 Å². The molecule has 1 rings (SSSR count). The van der Waals surface area contributed by atoms with Crippen molar-refractivity contribution in [1.82, 2.24) is 4.90 Å². The van der Waals surface area contributed by atoms with Crippen LogP contribution >= 0.6 is 0 Å². The molecule has 0 bridgehead atoms. The fourth-order valence-corrected chi connectivity index (χ4v) is 2.23. The van der Waals surface area contributed by atoms with E-state index in [1.165, 1.54) is 19.3 Å². The maximum Gasteiger partial charge on any atom is 0.222 e. The molecule has 94 valence electrons. The van der Waals surface area contributed by atoms with E-state index in [0.717, 1.165) is 31.8 Å². The lowest BCUT2D eigenvalue weighted by molar-refractivity contribution is -0.133. The highest BCUT2D eigenvalue weighted by Crippen LogP contribution is 2.24. The van der Waals surface area contributed by atoms with Crippen molar-refractivity contribution >= 4 is 5.91 Å². The Labute approximate surface area is 100 Å². The van der Waals surface area contributed by atoms with Gasteiger partial charge in [-0.1, -0.05) is 34.1 Å². The van der Waals surface area contributed by atoms with Crippen LogP contribution < -0.4 is 0 Å². The highest BCUT2D eigenvalue weighted by Gasteiger charge is 2.22. The van der Waals surface area contributed by atoms with Crippen LogP contribution in [-0.4, -0.2) is 23.9 Å². The molecule has 2 heteroatoms. The molecule has 0 spiro atoms. The van der Waals surface area contributed by atoms with Crippen molar-refractivity contribution in [2.24, 2.45) is 11.3 Å². The third-order valence-corrected chi connectivity index (χ3v) is 3.63. The van der Waals surface area contributed by atoms with E-state index >= 15 is 0 Å². The molecule has 1 amide bonds. The van der Waals surface area contributed by atoms with Crippen LogP contribution in [0.4, 0.5) is 0 Å². The number of hydrogen-bond donors (Lipinski definition) is 0. The first-order chi connectivity index (χ1) is 7.42. The van der Waals surface area contributed by atoms with Gasteiger partial charge in [-0.25, -0.2) is 0 Å². The Morgan fingerprint density at radius 2 is 1.81 bits per heavy atom. The van der Waals surface area contributed by atoms with Gasteiger partial charge in [-0.15, -0.1) is 0 Å². The van der Waals surface area contributed by atoms with Crippen LogP contribution in [0.1, 0.15) is 59.8 Å². The molecule has 1 aliphatic heterocycles. The minimum atomic E-state index is 0.275. The zero-order valence-corrected chi connectivity index (χ0v) is 11.4. The van der Waals surface area contributed by atoms with Crippen LogP contribution in [0.2, 0.25) is 0 Å². The lowest BCUT2D eigenvalue weighted by atomic mass is 9.89. The van der Waals surface area contributed by atoms with E-state index in [1.807, 2.05) is 0 Å². The van der Waals surface area contributed by atoms with Gasteiger partial charge < -0.3 is 4.90 Å². The fourth-order valence-electron chi connectivity index (χ4n) is 2.23. The average Bonchev–Trinajstić information content (AvgIpc) is 2.25. The summed E-state index contributed by atoms with van der Waals surface area (Å²) in [5.41, 5.74) is 0.275. The second kappa shape index (κ2) is 5.70. The van der Waals surface area contributed by atoms with E-state index in [2.05, 4.69) is 32.6 Å². The first-order valence-electron chi connectivity index (χ1n) is 6.70. The number of nitrogens with zero attached hydrogens (tertiary/aromatic N) is 1. The van der Waals surface area contributed by atoms with Crippen molar-refractivity contribution in [3.8, 4) is 0 Å². The Kier molecular flexibility index (Phi) is 4.82. The zero-order chi connectivity index (χ0) is 12.2. The van der Waals surface area contributed by atoms with Crippen molar-refractivity contribution in [3.63, 3.8) is 0 Å². The van der Waals surface area contributed by atoms with Crippen LogP contribution in [-0.2, 0) is 4.79 Å². The van der Waals surface area contributed by atoms with Crippen LogP contribution in [0.3, 0.4) is 0 Å². The zero-order valence-electron chi connectivity index (χ0n) is 11.4. The van der Waals surface area contributed by atoms with E-state index in [0.29, 0.717) is 5.91 Å². The molecule has 1 heterocycles. The van der Waals surface area contributed by atoms with Gasteiger partial charge in [0, 0.05) is 19.5 Å². The monoisotopic (exact) mass is 225 g/mol. The molecule has 0 aromatic heterocycles. The van der Waals surface area contributed by atoms with Crippen molar-refractivity contribution in [2.75, 3.05) is 13.1 Å². The predicted octanol–water partition coefficient (Wildman–Crippen LogP) is 3.46. The third-order valence-electron chi connectivity index (χ3n) is 3.63. The number of hydrogen-bond acceptors (Lipinski definition) is 1. The number of carbonyl (C=O) groups excluding carboxylic acids is 1. The third kappa shape index (κ3) is 4.54. The molecule has 0 radical (unpaired) electrons. The van der Waals surface area contributed by atoms with Gasteiger partial charge in [-0.2, -0.15) is 0 Å². The van der Waals surface area contributed by atoms with Crippen molar-refractivity contribution in [3.05, 3.63) is 0 Å². The van der Waals surface area contributed by atoms with Crippen molar-refractivity contribution < 1.29 is 4.79 Å². The van der Waals surface area contributed by atoms with Gasteiger partial charge in [0.05, 0.1) is 0 Å². The Morgan fingerprint density at radius 1 is 1.25 bits per heavy atom. The Bertz CT molecular complexity index is 221. The van der Waals surface area contributed by atoms with E-state index in [9.17, 15) is 4.79 Å². The lowest BCUT2D eigenvalue weighted by Crippen LogP contribution is -2.38. The fraction of sp³-hybridized carbons (Fsp3) is 0.929. The van der Waals surface area contributed by atoms with Gasteiger partial charge in [-0.05, 0) is 30.6 Å². The van der Waals surface area contributed by atoms with Crippen LogP contribution in [0.15, 0.2) is 0 Å². The summed E-state index contributed by atoms with van der Waals surface area (Å²) in [5, 5.41) is 0. The molecule has 0 aromatic rings.